The molecule has 0 saturated carbocycles. The van der Waals surface area contributed by atoms with Crippen molar-refractivity contribution in [2.75, 3.05) is 0 Å². The third kappa shape index (κ3) is 2.01. The van der Waals surface area contributed by atoms with Crippen LogP contribution in [-0.2, 0) is 9.53 Å². The Kier molecular flexibility index (Phi) is 3.02. The van der Waals surface area contributed by atoms with E-state index in [1.165, 1.54) is 5.57 Å². The summed E-state index contributed by atoms with van der Waals surface area (Å²) in [6.45, 7) is 4.19. The van der Waals surface area contributed by atoms with Crippen LogP contribution in [0.4, 0.5) is 0 Å². The van der Waals surface area contributed by atoms with Crippen molar-refractivity contribution in [3.63, 3.8) is 0 Å². The molecule has 98 valence electrons. The molecule has 1 aromatic rings. The summed E-state index contributed by atoms with van der Waals surface area (Å²) >= 11 is 0. The lowest BCUT2D eigenvalue weighted by Crippen LogP contribution is -2.34. The predicted molar refractivity (Wildman–Crippen MR) is 75.0 cm³/mol. The second kappa shape index (κ2) is 4.69. The molecule has 2 nitrogen and oxygen atoms in total. The van der Waals surface area contributed by atoms with E-state index >= 15 is 0 Å². The molecule has 2 heteroatoms. The number of carbonyl (C=O) groups is 1. The second-order valence-corrected chi connectivity index (χ2v) is 5.59. The summed E-state index contributed by atoms with van der Waals surface area (Å²) in [5.74, 6) is 1.26. The number of benzene rings is 1. The normalized spacial score (nSPS) is 25.7. The van der Waals surface area contributed by atoms with Crippen molar-refractivity contribution in [1.82, 2.24) is 0 Å². The molecule has 0 radical (unpaired) electrons. The first kappa shape index (κ1) is 12.2. The van der Waals surface area contributed by atoms with Gasteiger partial charge in [0, 0.05) is 11.5 Å². The van der Waals surface area contributed by atoms with E-state index in [-0.39, 0.29) is 17.8 Å². The van der Waals surface area contributed by atoms with Gasteiger partial charge in [-0.1, -0.05) is 56.3 Å². The molecular formula is C17H18O2. The third-order valence-electron chi connectivity index (χ3n) is 4.01. The number of carbonyl (C=O) groups excluding carboxylic acids is 1. The molecule has 0 saturated heterocycles. The molecule has 1 aliphatic carbocycles. The molecule has 3 rings (SSSR count). The van der Waals surface area contributed by atoms with Gasteiger partial charge in [0.15, 0.2) is 0 Å². The van der Waals surface area contributed by atoms with Crippen LogP contribution in [0, 0.1) is 17.8 Å². The lowest BCUT2D eigenvalue weighted by molar-refractivity contribution is -0.145. The van der Waals surface area contributed by atoms with Crippen LogP contribution in [0.5, 0.6) is 0 Å². The smallest absolute Gasteiger partial charge is 0.315 e. The summed E-state index contributed by atoms with van der Waals surface area (Å²) in [6, 6.07) is 9.90. The Labute approximate surface area is 113 Å². The maximum absolute atomic E-state index is 12.3. The van der Waals surface area contributed by atoms with Gasteiger partial charge >= 0.3 is 5.97 Å². The largest absolute Gasteiger partial charge is 0.425 e. The average Bonchev–Trinajstić information content (AvgIpc) is 2.87. The Morgan fingerprint density at radius 3 is 2.63 bits per heavy atom. The van der Waals surface area contributed by atoms with Gasteiger partial charge in [-0.3, -0.25) is 4.79 Å². The van der Waals surface area contributed by atoms with Gasteiger partial charge in [0.2, 0.25) is 0 Å². The molecule has 2 aliphatic rings. The van der Waals surface area contributed by atoms with E-state index in [1.54, 1.807) is 0 Å². The summed E-state index contributed by atoms with van der Waals surface area (Å²) in [5, 5.41) is 0. The fourth-order valence-corrected chi connectivity index (χ4v) is 3.12. The fraction of sp³-hybridized carbons (Fsp3) is 0.353. The van der Waals surface area contributed by atoms with Crippen molar-refractivity contribution in [3.05, 3.63) is 53.6 Å². The number of rotatable bonds is 2. The van der Waals surface area contributed by atoms with Crippen LogP contribution in [0.25, 0.3) is 5.76 Å². The molecule has 1 aliphatic heterocycles. The fourth-order valence-electron chi connectivity index (χ4n) is 3.12. The van der Waals surface area contributed by atoms with Gasteiger partial charge < -0.3 is 4.74 Å². The Balaban J connectivity index is 2.07. The number of hydrogen-bond donors (Lipinski definition) is 0. The first-order valence-corrected chi connectivity index (χ1v) is 6.86. The highest BCUT2D eigenvalue weighted by Crippen LogP contribution is 2.44. The molecule has 19 heavy (non-hydrogen) atoms. The lowest BCUT2D eigenvalue weighted by Gasteiger charge is -2.32. The summed E-state index contributed by atoms with van der Waals surface area (Å²) in [4.78, 5) is 12.3. The zero-order valence-electron chi connectivity index (χ0n) is 11.3. The standard InChI is InChI=1S/C17H18O2/c1-11(2)15-13-9-6-10-14(13)16(19-17(15)18)12-7-4-3-5-8-12/h3-8,10-11,13,15H,9H2,1-2H3. The van der Waals surface area contributed by atoms with Crippen LogP contribution < -0.4 is 0 Å². The van der Waals surface area contributed by atoms with Crippen molar-refractivity contribution in [2.24, 2.45) is 17.8 Å². The molecule has 2 atom stereocenters. The van der Waals surface area contributed by atoms with Gasteiger partial charge in [0.25, 0.3) is 0 Å². The van der Waals surface area contributed by atoms with Gasteiger partial charge in [0.05, 0.1) is 5.92 Å². The van der Waals surface area contributed by atoms with Crippen LogP contribution >= 0.6 is 0 Å². The topological polar surface area (TPSA) is 26.3 Å². The van der Waals surface area contributed by atoms with Crippen molar-refractivity contribution in [3.8, 4) is 0 Å². The molecule has 0 fully saturated rings. The van der Waals surface area contributed by atoms with E-state index in [0.717, 1.165) is 17.7 Å². The van der Waals surface area contributed by atoms with Crippen molar-refractivity contribution in [1.29, 1.82) is 0 Å². The summed E-state index contributed by atoms with van der Waals surface area (Å²) in [5.41, 5.74) is 2.18. The van der Waals surface area contributed by atoms with E-state index in [0.29, 0.717) is 5.92 Å². The van der Waals surface area contributed by atoms with Crippen molar-refractivity contribution >= 4 is 11.7 Å². The zero-order chi connectivity index (χ0) is 13.4. The minimum Gasteiger partial charge on any atom is -0.425 e. The number of allylic oxidation sites excluding steroid dienone is 3. The van der Waals surface area contributed by atoms with Gasteiger partial charge in [0.1, 0.15) is 5.76 Å². The Morgan fingerprint density at radius 2 is 1.95 bits per heavy atom. The predicted octanol–water partition coefficient (Wildman–Crippen LogP) is 3.80. The molecule has 0 bridgehead atoms. The van der Waals surface area contributed by atoms with Crippen LogP contribution in [0.1, 0.15) is 25.8 Å². The first-order valence-electron chi connectivity index (χ1n) is 6.86. The third-order valence-corrected chi connectivity index (χ3v) is 4.01. The van der Waals surface area contributed by atoms with Gasteiger partial charge in [-0.05, 0) is 17.9 Å². The van der Waals surface area contributed by atoms with Gasteiger partial charge in [-0.25, -0.2) is 0 Å². The number of ether oxygens (including phenoxy) is 1. The summed E-state index contributed by atoms with van der Waals surface area (Å²) in [7, 11) is 0. The lowest BCUT2D eigenvalue weighted by atomic mass is 9.77. The molecule has 0 spiro atoms. The van der Waals surface area contributed by atoms with Crippen LogP contribution in [0.15, 0.2) is 48.1 Å². The summed E-state index contributed by atoms with van der Waals surface area (Å²) < 4.78 is 5.65. The number of esters is 1. The molecule has 0 amide bonds. The van der Waals surface area contributed by atoms with Gasteiger partial charge in [-0.2, -0.15) is 0 Å². The molecular weight excluding hydrogens is 236 g/mol. The highest BCUT2D eigenvalue weighted by molar-refractivity contribution is 5.86. The molecule has 0 aromatic heterocycles. The van der Waals surface area contributed by atoms with Crippen LogP contribution in [0.2, 0.25) is 0 Å². The minimum atomic E-state index is -0.0775. The number of cyclic esters (lactones) is 1. The molecule has 0 N–H and O–H groups in total. The zero-order valence-corrected chi connectivity index (χ0v) is 11.3. The van der Waals surface area contributed by atoms with Gasteiger partial charge in [-0.15, -0.1) is 0 Å². The van der Waals surface area contributed by atoms with E-state index in [1.807, 2.05) is 30.3 Å². The van der Waals surface area contributed by atoms with E-state index in [9.17, 15) is 4.79 Å². The van der Waals surface area contributed by atoms with Crippen molar-refractivity contribution < 1.29 is 9.53 Å². The van der Waals surface area contributed by atoms with Crippen LogP contribution in [0.3, 0.4) is 0 Å². The highest BCUT2D eigenvalue weighted by atomic mass is 16.5. The van der Waals surface area contributed by atoms with Crippen molar-refractivity contribution in [2.45, 2.75) is 20.3 Å². The van der Waals surface area contributed by atoms with E-state index < -0.39 is 0 Å². The molecule has 1 aromatic carbocycles. The molecule has 2 unspecified atom stereocenters. The quantitative estimate of drug-likeness (QED) is 0.750. The minimum absolute atomic E-state index is 0.0162. The Morgan fingerprint density at radius 1 is 1.21 bits per heavy atom. The molecule has 1 heterocycles. The monoisotopic (exact) mass is 254 g/mol. The SMILES string of the molecule is CC(C)C1C(=O)OC(c2ccccc2)=C2C=CCC21. The number of hydrogen-bond acceptors (Lipinski definition) is 2. The average molecular weight is 254 g/mol. The van der Waals surface area contributed by atoms with Crippen LogP contribution in [-0.4, -0.2) is 5.97 Å². The summed E-state index contributed by atoms with van der Waals surface area (Å²) in [6.07, 6.45) is 5.22. The maximum atomic E-state index is 12.3. The second-order valence-electron chi connectivity index (χ2n) is 5.59. The Hall–Kier alpha value is -1.83. The van der Waals surface area contributed by atoms with E-state index in [2.05, 4.69) is 26.0 Å². The highest BCUT2D eigenvalue weighted by Gasteiger charge is 2.41. The number of fused-ring (bicyclic) bond motifs is 1. The maximum Gasteiger partial charge on any atom is 0.315 e. The first-order chi connectivity index (χ1) is 9.18. The van der Waals surface area contributed by atoms with E-state index in [4.69, 9.17) is 4.74 Å². The Bertz CT molecular complexity index is 552.